The molecule has 1 fully saturated rings. The van der Waals surface area contributed by atoms with Gasteiger partial charge in [-0.15, -0.1) is 0 Å². The first-order chi connectivity index (χ1) is 17.6. The summed E-state index contributed by atoms with van der Waals surface area (Å²) in [6, 6.07) is 12.4. The van der Waals surface area contributed by atoms with Gasteiger partial charge in [-0.2, -0.15) is 13.9 Å². The Morgan fingerprint density at radius 2 is 2.00 bits per heavy atom. The largest absolute Gasteiger partial charge is 0.370 e. The minimum Gasteiger partial charge on any atom is -0.370 e. The van der Waals surface area contributed by atoms with Crippen molar-refractivity contribution in [3.63, 3.8) is 0 Å². The number of anilines is 1. The first-order valence-corrected chi connectivity index (χ1v) is 14.6. The fourth-order valence-corrected chi connectivity index (χ4v) is 7.27. The van der Waals surface area contributed by atoms with Crippen molar-refractivity contribution >= 4 is 49.0 Å². The van der Waals surface area contributed by atoms with Gasteiger partial charge in [-0.05, 0) is 71.8 Å². The molecule has 1 aliphatic rings. The predicted octanol–water partition coefficient (Wildman–Crippen LogP) is 6.08. The summed E-state index contributed by atoms with van der Waals surface area (Å²) < 4.78 is 45.4. The molecule has 0 radical (unpaired) electrons. The zero-order valence-electron chi connectivity index (χ0n) is 20.4. The SMILES string of the molecule is Cc1cc(C)c(S(=O)(=O)N2CCCC(CNc3cc(-c4ccccc4Cl)nc4c(Br)cnn34)C2)c(F)c1. The maximum atomic E-state index is 14.7. The normalized spacial score (nSPS) is 16.8. The van der Waals surface area contributed by atoms with Crippen LogP contribution in [0.1, 0.15) is 24.0 Å². The number of rotatable bonds is 6. The smallest absolute Gasteiger partial charge is 0.246 e. The van der Waals surface area contributed by atoms with Gasteiger partial charge < -0.3 is 5.32 Å². The van der Waals surface area contributed by atoms with Gasteiger partial charge in [-0.25, -0.2) is 17.8 Å². The molecule has 0 bridgehead atoms. The second kappa shape index (κ2) is 10.3. The molecule has 0 saturated carbocycles. The number of hydrogen-bond donors (Lipinski definition) is 1. The highest BCUT2D eigenvalue weighted by Crippen LogP contribution is 2.32. The summed E-state index contributed by atoms with van der Waals surface area (Å²) >= 11 is 9.94. The zero-order chi connectivity index (χ0) is 26.3. The monoisotopic (exact) mass is 605 g/mol. The summed E-state index contributed by atoms with van der Waals surface area (Å²) in [7, 11) is -3.95. The molecule has 2 aromatic heterocycles. The molecule has 7 nitrogen and oxygen atoms in total. The standard InChI is InChI=1S/C26H26BrClFN5O2S/c1-16-10-17(2)25(22(29)11-16)37(35,36)33-9-5-6-18(15-33)13-30-24-12-23(19-7-3-4-8-21(19)28)32-26-20(27)14-31-34(24)26/h3-4,7-8,10-12,14,18,30H,5-6,9,13,15H2,1-2H3. The first-order valence-electron chi connectivity index (χ1n) is 11.9. The van der Waals surface area contributed by atoms with Crippen LogP contribution in [-0.2, 0) is 10.0 Å². The second-order valence-electron chi connectivity index (χ2n) is 9.38. The van der Waals surface area contributed by atoms with Crippen LogP contribution in [0.3, 0.4) is 0 Å². The van der Waals surface area contributed by atoms with Crippen LogP contribution in [0.4, 0.5) is 10.2 Å². The van der Waals surface area contributed by atoms with Crippen molar-refractivity contribution in [1.29, 1.82) is 0 Å². The molecule has 5 rings (SSSR count). The number of aryl methyl sites for hydroxylation is 2. The average Bonchev–Trinajstić information content (AvgIpc) is 3.23. The molecule has 1 unspecified atom stereocenters. The fourth-order valence-electron chi connectivity index (χ4n) is 4.89. The van der Waals surface area contributed by atoms with Crippen LogP contribution in [0, 0.1) is 25.6 Å². The fraction of sp³-hybridized carbons (Fsp3) is 0.308. The number of hydrogen-bond acceptors (Lipinski definition) is 5. The maximum Gasteiger partial charge on any atom is 0.246 e. The molecule has 1 atom stereocenters. The zero-order valence-corrected chi connectivity index (χ0v) is 23.5. The summed E-state index contributed by atoms with van der Waals surface area (Å²) in [6.45, 7) is 4.57. The average molecular weight is 607 g/mol. The van der Waals surface area contributed by atoms with Crippen molar-refractivity contribution < 1.29 is 12.8 Å². The summed E-state index contributed by atoms with van der Waals surface area (Å²) in [6.07, 6.45) is 3.22. The van der Waals surface area contributed by atoms with Gasteiger partial charge in [-0.1, -0.05) is 35.9 Å². The minimum atomic E-state index is -3.95. The number of nitrogens with one attached hydrogen (secondary N) is 1. The molecule has 37 heavy (non-hydrogen) atoms. The lowest BCUT2D eigenvalue weighted by molar-refractivity contribution is 0.274. The Hall–Kier alpha value is -2.53. The topological polar surface area (TPSA) is 79.6 Å². The molecule has 4 aromatic rings. The van der Waals surface area contributed by atoms with E-state index in [-0.39, 0.29) is 10.8 Å². The van der Waals surface area contributed by atoms with Crippen molar-refractivity contribution in [2.45, 2.75) is 31.6 Å². The number of aromatic nitrogens is 3. The number of halogens is 3. The summed E-state index contributed by atoms with van der Waals surface area (Å²) in [5, 5.41) is 8.46. The van der Waals surface area contributed by atoms with E-state index in [2.05, 4.69) is 26.3 Å². The van der Waals surface area contributed by atoms with Crippen LogP contribution in [0.2, 0.25) is 5.02 Å². The number of piperidine rings is 1. The van der Waals surface area contributed by atoms with Crippen molar-refractivity contribution in [3.05, 3.63) is 75.1 Å². The molecule has 0 spiro atoms. The lowest BCUT2D eigenvalue weighted by Gasteiger charge is -2.32. The van der Waals surface area contributed by atoms with Crippen LogP contribution < -0.4 is 5.32 Å². The Balaban J connectivity index is 1.39. The molecule has 0 amide bonds. The molecule has 1 saturated heterocycles. The number of benzene rings is 2. The third-order valence-electron chi connectivity index (χ3n) is 6.60. The molecule has 3 heterocycles. The van der Waals surface area contributed by atoms with Gasteiger partial charge in [0, 0.05) is 36.3 Å². The van der Waals surface area contributed by atoms with E-state index in [4.69, 9.17) is 16.6 Å². The van der Waals surface area contributed by atoms with Gasteiger partial charge in [-0.3, -0.25) is 0 Å². The van der Waals surface area contributed by atoms with Crippen molar-refractivity contribution in [1.82, 2.24) is 18.9 Å². The van der Waals surface area contributed by atoms with Gasteiger partial charge in [0.2, 0.25) is 10.0 Å². The molecule has 0 aliphatic carbocycles. The van der Waals surface area contributed by atoms with Crippen LogP contribution in [0.5, 0.6) is 0 Å². The van der Waals surface area contributed by atoms with Crippen molar-refractivity contribution in [3.8, 4) is 11.3 Å². The first kappa shape index (κ1) is 26.1. The van der Waals surface area contributed by atoms with Crippen molar-refractivity contribution in [2.75, 3.05) is 25.0 Å². The van der Waals surface area contributed by atoms with E-state index in [1.54, 1.807) is 30.6 Å². The maximum absolute atomic E-state index is 14.7. The highest BCUT2D eigenvalue weighted by molar-refractivity contribution is 9.10. The van der Waals surface area contributed by atoms with Crippen LogP contribution in [0.25, 0.3) is 16.9 Å². The van der Waals surface area contributed by atoms with E-state index in [1.165, 1.54) is 10.4 Å². The summed E-state index contributed by atoms with van der Waals surface area (Å²) in [5.74, 6) is 0.0441. The van der Waals surface area contributed by atoms with Gasteiger partial charge in [0.15, 0.2) is 5.65 Å². The van der Waals surface area contributed by atoms with E-state index < -0.39 is 15.8 Å². The Morgan fingerprint density at radius 1 is 1.22 bits per heavy atom. The Morgan fingerprint density at radius 3 is 2.76 bits per heavy atom. The number of sulfonamides is 1. The predicted molar refractivity (Wildman–Crippen MR) is 147 cm³/mol. The van der Waals surface area contributed by atoms with E-state index in [0.717, 1.165) is 16.5 Å². The van der Waals surface area contributed by atoms with Crippen LogP contribution >= 0.6 is 27.5 Å². The minimum absolute atomic E-state index is 0.0309. The molecule has 1 N–H and O–H groups in total. The second-order valence-corrected chi connectivity index (χ2v) is 12.5. The Labute approximate surface area is 228 Å². The van der Waals surface area contributed by atoms with E-state index in [1.807, 2.05) is 30.3 Å². The van der Waals surface area contributed by atoms with Gasteiger partial charge in [0.05, 0.1) is 16.4 Å². The quantitative estimate of drug-likeness (QED) is 0.288. The highest BCUT2D eigenvalue weighted by atomic mass is 79.9. The number of nitrogens with zero attached hydrogens (tertiary/aromatic N) is 4. The third-order valence-corrected chi connectivity index (χ3v) is 9.54. The lowest BCUT2D eigenvalue weighted by atomic mass is 10.00. The molecule has 2 aromatic carbocycles. The highest BCUT2D eigenvalue weighted by Gasteiger charge is 2.33. The van der Waals surface area contributed by atoms with E-state index in [9.17, 15) is 12.8 Å². The third kappa shape index (κ3) is 5.12. The van der Waals surface area contributed by atoms with Crippen molar-refractivity contribution in [2.24, 2.45) is 5.92 Å². The van der Waals surface area contributed by atoms with Gasteiger partial charge in [0.1, 0.15) is 16.5 Å². The Bertz CT molecular complexity index is 1570. The molecule has 1 aliphatic heterocycles. The van der Waals surface area contributed by atoms with Gasteiger partial charge in [0.25, 0.3) is 0 Å². The lowest BCUT2D eigenvalue weighted by Crippen LogP contribution is -2.42. The molecular formula is C26H26BrClFN5O2S. The molecule has 11 heteroatoms. The van der Waals surface area contributed by atoms with Crippen LogP contribution in [0.15, 0.2) is 58.0 Å². The summed E-state index contributed by atoms with van der Waals surface area (Å²) in [5.41, 5.74) is 3.25. The molecular weight excluding hydrogens is 581 g/mol. The van der Waals surface area contributed by atoms with E-state index in [0.29, 0.717) is 59.4 Å². The summed E-state index contributed by atoms with van der Waals surface area (Å²) in [4.78, 5) is 4.50. The Kier molecular flexibility index (Phi) is 7.28. The van der Waals surface area contributed by atoms with Crippen LogP contribution in [-0.4, -0.2) is 47.0 Å². The number of fused-ring (bicyclic) bond motifs is 1. The van der Waals surface area contributed by atoms with Gasteiger partial charge >= 0.3 is 0 Å². The molecule has 194 valence electrons. The van der Waals surface area contributed by atoms with E-state index >= 15 is 0 Å².